The fraction of sp³-hybridized carbons (Fsp3) is 0.417. The SMILES string of the molecule is C/C=C\C1CCC(c2ccc(-c3ccc(COCC)cc3)cc2)CC1. The van der Waals surface area contributed by atoms with Gasteiger partial charge in [-0.1, -0.05) is 60.7 Å². The molecule has 0 saturated heterocycles. The van der Waals surface area contributed by atoms with Gasteiger partial charge in [0.05, 0.1) is 6.61 Å². The first kappa shape index (κ1) is 17.9. The van der Waals surface area contributed by atoms with E-state index < -0.39 is 0 Å². The Balaban J connectivity index is 1.62. The van der Waals surface area contributed by atoms with Gasteiger partial charge in [-0.3, -0.25) is 0 Å². The lowest BCUT2D eigenvalue weighted by molar-refractivity contribution is 0.134. The zero-order valence-electron chi connectivity index (χ0n) is 15.6. The number of benzene rings is 2. The third kappa shape index (κ3) is 4.83. The summed E-state index contributed by atoms with van der Waals surface area (Å²) in [6.07, 6.45) is 9.89. The number of allylic oxidation sites excluding steroid dienone is 2. The van der Waals surface area contributed by atoms with Crippen LogP contribution in [0.1, 0.15) is 56.6 Å². The van der Waals surface area contributed by atoms with Gasteiger partial charge in [-0.15, -0.1) is 0 Å². The third-order valence-corrected chi connectivity index (χ3v) is 5.38. The maximum absolute atomic E-state index is 5.47. The molecule has 1 saturated carbocycles. The second-order valence-corrected chi connectivity index (χ2v) is 7.09. The Hall–Kier alpha value is -1.86. The van der Waals surface area contributed by atoms with Crippen LogP contribution in [0.2, 0.25) is 0 Å². The lowest BCUT2D eigenvalue weighted by Gasteiger charge is -2.27. The topological polar surface area (TPSA) is 9.23 Å². The maximum atomic E-state index is 5.47. The second kappa shape index (κ2) is 9.01. The normalized spacial score (nSPS) is 20.9. The summed E-state index contributed by atoms with van der Waals surface area (Å²) in [6, 6.07) is 18.0. The van der Waals surface area contributed by atoms with Crippen LogP contribution in [0.3, 0.4) is 0 Å². The largest absolute Gasteiger partial charge is 0.377 e. The average Bonchev–Trinajstić information content (AvgIpc) is 2.68. The van der Waals surface area contributed by atoms with Crippen LogP contribution < -0.4 is 0 Å². The van der Waals surface area contributed by atoms with Gasteiger partial charge in [-0.25, -0.2) is 0 Å². The van der Waals surface area contributed by atoms with E-state index in [9.17, 15) is 0 Å². The van der Waals surface area contributed by atoms with Gasteiger partial charge in [0.25, 0.3) is 0 Å². The van der Waals surface area contributed by atoms with Crippen molar-refractivity contribution in [2.24, 2.45) is 5.92 Å². The van der Waals surface area contributed by atoms with E-state index in [0.717, 1.165) is 18.4 Å². The summed E-state index contributed by atoms with van der Waals surface area (Å²) < 4.78 is 5.47. The van der Waals surface area contributed by atoms with E-state index in [1.807, 2.05) is 6.92 Å². The van der Waals surface area contributed by atoms with Crippen LogP contribution in [0.4, 0.5) is 0 Å². The summed E-state index contributed by atoms with van der Waals surface area (Å²) in [5, 5.41) is 0. The zero-order valence-corrected chi connectivity index (χ0v) is 15.6. The first-order valence-corrected chi connectivity index (χ1v) is 9.70. The predicted octanol–water partition coefficient (Wildman–Crippen LogP) is 6.74. The van der Waals surface area contributed by atoms with Crippen molar-refractivity contribution in [1.29, 1.82) is 0 Å². The highest BCUT2D eigenvalue weighted by atomic mass is 16.5. The van der Waals surface area contributed by atoms with Crippen LogP contribution in [0, 0.1) is 5.92 Å². The first-order chi connectivity index (χ1) is 12.3. The van der Waals surface area contributed by atoms with Gasteiger partial charge in [-0.05, 0) is 73.6 Å². The van der Waals surface area contributed by atoms with Crippen molar-refractivity contribution >= 4 is 0 Å². The van der Waals surface area contributed by atoms with Crippen molar-refractivity contribution in [2.45, 2.75) is 52.1 Å². The molecule has 1 fully saturated rings. The average molecular weight is 335 g/mol. The fourth-order valence-electron chi connectivity index (χ4n) is 3.88. The van der Waals surface area contributed by atoms with Crippen LogP contribution in [-0.2, 0) is 11.3 Å². The molecule has 2 aromatic rings. The van der Waals surface area contributed by atoms with Crippen molar-refractivity contribution in [3.63, 3.8) is 0 Å². The number of hydrogen-bond donors (Lipinski definition) is 0. The molecule has 0 amide bonds. The van der Waals surface area contributed by atoms with Crippen LogP contribution >= 0.6 is 0 Å². The van der Waals surface area contributed by atoms with Gasteiger partial charge in [0.1, 0.15) is 0 Å². The van der Waals surface area contributed by atoms with Gasteiger partial charge in [-0.2, -0.15) is 0 Å². The van der Waals surface area contributed by atoms with Gasteiger partial charge < -0.3 is 4.74 Å². The second-order valence-electron chi connectivity index (χ2n) is 7.09. The molecular weight excluding hydrogens is 304 g/mol. The van der Waals surface area contributed by atoms with E-state index in [4.69, 9.17) is 4.74 Å². The van der Waals surface area contributed by atoms with Gasteiger partial charge in [0.2, 0.25) is 0 Å². The molecule has 0 aliphatic heterocycles. The predicted molar refractivity (Wildman–Crippen MR) is 107 cm³/mol. The van der Waals surface area contributed by atoms with E-state index in [2.05, 4.69) is 67.6 Å². The van der Waals surface area contributed by atoms with Crippen molar-refractivity contribution in [2.75, 3.05) is 6.61 Å². The fourth-order valence-corrected chi connectivity index (χ4v) is 3.88. The van der Waals surface area contributed by atoms with Crippen LogP contribution in [0.15, 0.2) is 60.7 Å². The smallest absolute Gasteiger partial charge is 0.0716 e. The molecule has 0 bridgehead atoms. The molecular formula is C24H30O. The number of ether oxygens (including phenoxy) is 1. The van der Waals surface area contributed by atoms with E-state index in [1.165, 1.54) is 47.9 Å². The molecule has 0 atom stereocenters. The Kier molecular flexibility index (Phi) is 6.47. The minimum atomic E-state index is 0.700. The Morgan fingerprint density at radius 1 is 0.880 bits per heavy atom. The number of hydrogen-bond acceptors (Lipinski definition) is 1. The van der Waals surface area contributed by atoms with Crippen molar-refractivity contribution in [3.05, 3.63) is 71.8 Å². The molecule has 1 nitrogen and oxygen atoms in total. The zero-order chi connectivity index (χ0) is 17.5. The molecule has 0 unspecified atom stereocenters. The van der Waals surface area contributed by atoms with Crippen LogP contribution in [0.25, 0.3) is 11.1 Å². The molecule has 1 heteroatoms. The minimum Gasteiger partial charge on any atom is -0.377 e. The van der Waals surface area contributed by atoms with Crippen LogP contribution in [0.5, 0.6) is 0 Å². The van der Waals surface area contributed by atoms with E-state index >= 15 is 0 Å². The molecule has 0 aromatic heterocycles. The van der Waals surface area contributed by atoms with Crippen molar-refractivity contribution in [1.82, 2.24) is 0 Å². The van der Waals surface area contributed by atoms with Crippen molar-refractivity contribution < 1.29 is 4.74 Å². The van der Waals surface area contributed by atoms with Gasteiger partial charge in [0.15, 0.2) is 0 Å². The summed E-state index contributed by atoms with van der Waals surface area (Å²) in [5.41, 5.74) is 5.33. The van der Waals surface area contributed by atoms with Crippen LogP contribution in [-0.4, -0.2) is 6.61 Å². The number of rotatable bonds is 6. The molecule has 0 heterocycles. The minimum absolute atomic E-state index is 0.700. The summed E-state index contributed by atoms with van der Waals surface area (Å²) in [4.78, 5) is 0. The van der Waals surface area contributed by atoms with Gasteiger partial charge in [0, 0.05) is 6.61 Å². The molecule has 0 radical (unpaired) electrons. The molecule has 1 aliphatic carbocycles. The van der Waals surface area contributed by atoms with E-state index in [1.54, 1.807) is 0 Å². The van der Waals surface area contributed by atoms with E-state index in [-0.39, 0.29) is 0 Å². The molecule has 3 rings (SSSR count). The summed E-state index contributed by atoms with van der Waals surface area (Å²) in [7, 11) is 0. The highest BCUT2D eigenvalue weighted by Gasteiger charge is 2.20. The summed E-state index contributed by atoms with van der Waals surface area (Å²) >= 11 is 0. The lowest BCUT2D eigenvalue weighted by Crippen LogP contribution is -2.11. The summed E-state index contributed by atoms with van der Waals surface area (Å²) in [5.74, 6) is 1.54. The molecule has 0 N–H and O–H groups in total. The van der Waals surface area contributed by atoms with Gasteiger partial charge >= 0.3 is 0 Å². The molecule has 132 valence electrons. The Labute approximate surface area is 152 Å². The highest BCUT2D eigenvalue weighted by Crippen LogP contribution is 2.36. The molecule has 25 heavy (non-hydrogen) atoms. The van der Waals surface area contributed by atoms with E-state index in [0.29, 0.717) is 6.61 Å². The quantitative estimate of drug-likeness (QED) is 0.531. The Morgan fingerprint density at radius 3 is 2.04 bits per heavy atom. The lowest BCUT2D eigenvalue weighted by atomic mass is 9.78. The summed E-state index contributed by atoms with van der Waals surface area (Å²) in [6.45, 7) is 5.63. The standard InChI is InChI=1S/C24H30O/c1-3-5-19-6-10-21(11-7-19)23-14-16-24(17-15-23)22-12-8-20(9-13-22)18-25-4-2/h3,5,8-9,12-17,19,21H,4,6-7,10-11,18H2,1-2H3/b5-3-. The Morgan fingerprint density at radius 2 is 1.48 bits per heavy atom. The first-order valence-electron chi connectivity index (χ1n) is 9.70. The maximum Gasteiger partial charge on any atom is 0.0716 e. The third-order valence-electron chi connectivity index (χ3n) is 5.38. The Bertz CT molecular complexity index is 658. The monoisotopic (exact) mass is 334 g/mol. The van der Waals surface area contributed by atoms with Crippen molar-refractivity contribution in [3.8, 4) is 11.1 Å². The molecule has 0 spiro atoms. The molecule has 2 aromatic carbocycles. The molecule has 1 aliphatic rings. The highest BCUT2D eigenvalue weighted by molar-refractivity contribution is 5.64.